The molecule has 0 aromatic heterocycles. The van der Waals surface area contributed by atoms with E-state index in [1.54, 1.807) is 6.07 Å². The van der Waals surface area contributed by atoms with Crippen LogP contribution < -0.4 is 5.73 Å². The highest BCUT2D eigenvalue weighted by Gasteiger charge is 2.11. The molecule has 0 saturated carbocycles. The van der Waals surface area contributed by atoms with Gasteiger partial charge < -0.3 is 10.8 Å². The highest BCUT2D eigenvalue weighted by Crippen LogP contribution is 2.22. The quantitative estimate of drug-likeness (QED) is 0.788. The summed E-state index contributed by atoms with van der Waals surface area (Å²) in [4.78, 5) is 0. The van der Waals surface area contributed by atoms with Crippen molar-refractivity contribution in [2.45, 2.75) is 12.5 Å². The molecule has 0 amide bonds. The Morgan fingerprint density at radius 1 is 1.54 bits per heavy atom. The zero-order valence-electron chi connectivity index (χ0n) is 7.00. The van der Waals surface area contributed by atoms with E-state index in [0.717, 1.165) is 0 Å². The summed E-state index contributed by atoms with van der Waals surface area (Å²) < 4.78 is 13.1. The molecule has 0 heterocycles. The van der Waals surface area contributed by atoms with Crippen LogP contribution in [0.3, 0.4) is 0 Å². The van der Waals surface area contributed by atoms with Gasteiger partial charge in [-0.1, -0.05) is 17.7 Å². The van der Waals surface area contributed by atoms with Crippen molar-refractivity contribution >= 4 is 11.6 Å². The molecule has 0 aliphatic rings. The summed E-state index contributed by atoms with van der Waals surface area (Å²) in [5.41, 5.74) is 5.48. The molecule has 72 valence electrons. The van der Waals surface area contributed by atoms with Crippen LogP contribution in [0.25, 0.3) is 0 Å². The van der Waals surface area contributed by atoms with Crippen molar-refractivity contribution in [3.63, 3.8) is 0 Å². The maximum absolute atomic E-state index is 13.1. The molecule has 3 N–H and O–H groups in total. The average molecular weight is 204 g/mol. The van der Waals surface area contributed by atoms with E-state index in [9.17, 15) is 9.50 Å². The Labute approximate surface area is 81.1 Å². The number of hydrogen-bond donors (Lipinski definition) is 2. The summed E-state index contributed by atoms with van der Waals surface area (Å²) in [5, 5.41) is 9.75. The van der Waals surface area contributed by atoms with Crippen LogP contribution in [0.2, 0.25) is 5.02 Å². The summed E-state index contributed by atoms with van der Waals surface area (Å²) in [6, 6.07) is 4.19. The lowest BCUT2D eigenvalue weighted by atomic mass is 10.1. The highest BCUT2D eigenvalue weighted by atomic mass is 35.5. The Kier molecular flexibility index (Phi) is 3.66. The van der Waals surface area contributed by atoms with Gasteiger partial charge in [0.2, 0.25) is 0 Å². The first-order chi connectivity index (χ1) is 6.15. The van der Waals surface area contributed by atoms with E-state index in [0.29, 0.717) is 18.0 Å². The average Bonchev–Trinajstić information content (AvgIpc) is 2.04. The first kappa shape index (κ1) is 10.4. The number of aliphatic hydroxyl groups excluding tert-OH is 1. The summed E-state index contributed by atoms with van der Waals surface area (Å²) in [6.45, 7) is 0.323. The number of rotatable bonds is 3. The van der Waals surface area contributed by atoms with Crippen LogP contribution in [0.15, 0.2) is 18.2 Å². The summed E-state index contributed by atoms with van der Waals surface area (Å²) >= 11 is 5.55. The van der Waals surface area contributed by atoms with E-state index < -0.39 is 11.9 Å². The van der Waals surface area contributed by atoms with Gasteiger partial charge in [0.05, 0.1) is 6.10 Å². The fourth-order valence-corrected chi connectivity index (χ4v) is 1.24. The van der Waals surface area contributed by atoms with E-state index >= 15 is 0 Å². The number of halogens is 2. The fraction of sp³-hybridized carbons (Fsp3) is 0.333. The minimum atomic E-state index is -0.845. The zero-order valence-corrected chi connectivity index (χ0v) is 7.76. The van der Waals surface area contributed by atoms with Gasteiger partial charge in [0.1, 0.15) is 5.82 Å². The smallest absolute Gasteiger partial charge is 0.130 e. The molecule has 0 radical (unpaired) electrons. The monoisotopic (exact) mass is 203 g/mol. The Bertz CT molecular complexity index is 293. The van der Waals surface area contributed by atoms with Gasteiger partial charge in [0.25, 0.3) is 0 Å². The van der Waals surface area contributed by atoms with Crippen LogP contribution in [0.5, 0.6) is 0 Å². The van der Waals surface area contributed by atoms with Gasteiger partial charge in [-0.2, -0.15) is 0 Å². The first-order valence-electron chi connectivity index (χ1n) is 3.98. The third kappa shape index (κ3) is 2.66. The van der Waals surface area contributed by atoms with Crippen molar-refractivity contribution in [3.05, 3.63) is 34.6 Å². The standard InChI is InChI=1S/C9H11ClFNO/c10-6-1-2-7(8(11)5-6)9(13)3-4-12/h1-2,5,9,13H,3-4,12H2/t9-/m0/s1. The minimum absolute atomic E-state index is 0.245. The molecule has 0 saturated heterocycles. The predicted molar refractivity (Wildman–Crippen MR) is 50.0 cm³/mol. The topological polar surface area (TPSA) is 46.2 Å². The fourth-order valence-electron chi connectivity index (χ4n) is 1.09. The lowest BCUT2D eigenvalue weighted by Gasteiger charge is -2.10. The Balaban J connectivity index is 2.88. The van der Waals surface area contributed by atoms with Gasteiger partial charge in [-0.15, -0.1) is 0 Å². The van der Waals surface area contributed by atoms with Gasteiger partial charge in [-0.3, -0.25) is 0 Å². The van der Waals surface area contributed by atoms with E-state index in [1.807, 2.05) is 0 Å². The normalized spacial score (nSPS) is 12.9. The van der Waals surface area contributed by atoms with Gasteiger partial charge in [0.15, 0.2) is 0 Å². The van der Waals surface area contributed by atoms with Gasteiger partial charge in [0, 0.05) is 10.6 Å². The van der Waals surface area contributed by atoms with E-state index in [2.05, 4.69) is 0 Å². The molecule has 0 aliphatic heterocycles. The molecule has 1 rings (SSSR count). The van der Waals surface area contributed by atoms with Crippen molar-refractivity contribution in [1.29, 1.82) is 0 Å². The lowest BCUT2D eigenvalue weighted by molar-refractivity contribution is 0.165. The van der Waals surface area contributed by atoms with Crippen molar-refractivity contribution in [2.24, 2.45) is 5.73 Å². The molecular weight excluding hydrogens is 193 g/mol. The van der Waals surface area contributed by atoms with Crippen LogP contribution in [0.1, 0.15) is 18.1 Å². The molecule has 0 aliphatic carbocycles. The van der Waals surface area contributed by atoms with Crippen molar-refractivity contribution in [1.82, 2.24) is 0 Å². The Morgan fingerprint density at radius 2 is 2.23 bits per heavy atom. The van der Waals surface area contributed by atoms with E-state index in [4.69, 9.17) is 17.3 Å². The second-order valence-corrected chi connectivity index (χ2v) is 3.20. The Morgan fingerprint density at radius 3 is 2.77 bits per heavy atom. The summed E-state index contributed by atoms with van der Waals surface area (Å²) in [6.07, 6.45) is -0.499. The van der Waals surface area contributed by atoms with E-state index in [-0.39, 0.29) is 5.56 Å². The van der Waals surface area contributed by atoms with Crippen LogP contribution in [-0.4, -0.2) is 11.7 Å². The SMILES string of the molecule is NCC[C@H](O)c1ccc(Cl)cc1F. The maximum atomic E-state index is 13.1. The summed E-state index contributed by atoms with van der Waals surface area (Å²) in [7, 11) is 0. The molecule has 2 nitrogen and oxygen atoms in total. The van der Waals surface area contributed by atoms with Crippen molar-refractivity contribution in [2.75, 3.05) is 6.54 Å². The molecule has 1 aromatic rings. The molecule has 0 bridgehead atoms. The number of aliphatic hydroxyl groups is 1. The highest BCUT2D eigenvalue weighted by molar-refractivity contribution is 6.30. The lowest BCUT2D eigenvalue weighted by Crippen LogP contribution is -2.08. The van der Waals surface area contributed by atoms with Crippen molar-refractivity contribution < 1.29 is 9.50 Å². The molecular formula is C9H11ClFNO. The molecule has 13 heavy (non-hydrogen) atoms. The molecule has 0 unspecified atom stereocenters. The number of hydrogen-bond acceptors (Lipinski definition) is 2. The third-order valence-electron chi connectivity index (χ3n) is 1.76. The van der Waals surface area contributed by atoms with Crippen LogP contribution in [-0.2, 0) is 0 Å². The maximum Gasteiger partial charge on any atom is 0.130 e. The van der Waals surface area contributed by atoms with Crippen molar-refractivity contribution in [3.8, 4) is 0 Å². The molecule has 1 aromatic carbocycles. The predicted octanol–water partition coefficient (Wildman–Crippen LogP) is 1.86. The van der Waals surface area contributed by atoms with E-state index in [1.165, 1.54) is 12.1 Å². The second-order valence-electron chi connectivity index (χ2n) is 2.76. The van der Waals surface area contributed by atoms with Gasteiger partial charge in [-0.05, 0) is 25.1 Å². The number of benzene rings is 1. The largest absolute Gasteiger partial charge is 0.388 e. The van der Waals surface area contributed by atoms with Gasteiger partial charge >= 0.3 is 0 Å². The third-order valence-corrected chi connectivity index (χ3v) is 2.00. The first-order valence-corrected chi connectivity index (χ1v) is 4.36. The molecule has 1 atom stereocenters. The zero-order chi connectivity index (χ0) is 9.84. The van der Waals surface area contributed by atoms with Crippen LogP contribution >= 0.6 is 11.6 Å². The molecule has 0 spiro atoms. The number of nitrogens with two attached hydrogens (primary N) is 1. The second kappa shape index (κ2) is 4.56. The van der Waals surface area contributed by atoms with Crippen LogP contribution in [0, 0.1) is 5.82 Å². The van der Waals surface area contributed by atoms with Gasteiger partial charge in [-0.25, -0.2) is 4.39 Å². The minimum Gasteiger partial charge on any atom is -0.388 e. The Hall–Kier alpha value is -0.640. The molecule has 0 fully saturated rings. The molecule has 4 heteroatoms. The summed E-state index contributed by atoms with van der Waals surface area (Å²) in [5.74, 6) is -0.492. The van der Waals surface area contributed by atoms with Crippen LogP contribution in [0.4, 0.5) is 4.39 Å².